The van der Waals surface area contributed by atoms with Crippen LogP contribution in [0.15, 0.2) is 77.3 Å². The van der Waals surface area contributed by atoms with Crippen LogP contribution in [0.1, 0.15) is 6.42 Å². The monoisotopic (exact) mass is 492 g/mol. The van der Waals surface area contributed by atoms with Crippen LogP contribution in [0.3, 0.4) is 0 Å². The highest BCUT2D eigenvalue weighted by molar-refractivity contribution is 6.33. The quantitative estimate of drug-likeness (QED) is 0.296. The maximum atomic E-state index is 12.8. The fourth-order valence-electron chi connectivity index (χ4n) is 4.46. The number of phenolic OH excluding ortho intramolecular Hbond substituents is 1. The number of halogens is 2. The van der Waals surface area contributed by atoms with Gasteiger partial charge in [0.2, 0.25) is 0 Å². The molecule has 0 radical (unpaired) electrons. The topological polar surface area (TPSA) is 58.7 Å². The molecular formula is C28H26ClFN2O3. The summed E-state index contributed by atoms with van der Waals surface area (Å²) in [7, 11) is 0. The lowest BCUT2D eigenvalue weighted by molar-refractivity contribution is 0.228. The Bertz CT molecular complexity index is 1270. The zero-order chi connectivity index (χ0) is 24.2. The van der Waals surface area contributed by atoms with Crippen molar-refractivity contribution in [2.45, 2.75) is 6.42 Å². The van der Waals surface area contributed by atoms with E-state index >= 15 is 0 Å². The van der Waals surface area contributed by atoms with Gasteiger partial charge in [0, 0.05) is 30.1 Å². The maximum Gasteiger partial charge on any atom is 0.175 e. The number of phenols is 1. The lowest BCUT2D eigenvalue weighted by Crippen LogP contribution is -2.26. The minimum absolute atomic E-state index is 0.160. The van der Waals surface area contributed by atoms with E-state index in [1.807, 2.05) is 48.5 Å². The summed E-state index contributed by atoms with van der Waals surface area (Å²) in [6.45, 7) is 2.82. The summed E-state index contributed by atoms with van der Waals surface area (Å²) in [6, 6.07) is 22.1. The summed E-state index contributed by atoms with van der Waals surface area (Å²) < 4.78 is 24.6. The molecule has 180 valence electrons. The van der Waals surface area contributed by atoms with E-state index in [-0.39, 0.29) is 18.3 Å². The predicted molar refractivity (Wildman–Crippen MR) is 136 cm³/mol. The van der Waals surface area contributed by atoms with Crippen LogP contribution in [-0.4, -0.2) is 48.1 Å². The fraction of sp³-hybridized carbons (Fsp3) is 0.250. The predicted octanol–water partition coefficient (Wildman–Crippen LogP) is 6.70. The number of likely N-dealkylation sites (tertiary alicyclic amines) is 1. The number of aromatic hydroxyl groups is 1. The van der Waals surface area contributed by atoms with E-state index in [1.54, 1.807) is 24.3 Å². The van der Waals surface area contributed by atoms with Crippen molar-refractivity contribution >= 4 is 11.6 Å². The van der Waals surface area contributed by atoms with Gasteiger partial charge in [0.15, 0.2) is 5.76 Å². The van der Waals surface area contributed by atoms with Gasteiger partial charge in [-0.25, -0.2) is 0 Å². The molecule has 0 unspecified atom stereocenters. The van der Waals surface area contributed by atoms with Crippen molar-refractivity contribution in [2.75, 3.05) is 32.9 Å². The standard InChI is InChI=1S/C28H26ClFN2O3/c29-25-4-2-1-3-24(25)27-26(28(35-31-27)21-5-9-22(33)10-6-21)20-7-11-23(12-8-20)34-16-15-32-14-13-19(17-30)18-32/h1-12,19,33H,13-18H2/t19-/m0/s1. The summed E-state index contributed by atoms with van der Waals surface area (Å²) in [5.41, 5.74) is 3.92. The van der Waals surface area contributed by atoms with Gasteiger partial charge in [-0.05, 0) is 61.0 Å². The number of rotatable bonds is 8. The van der Waals surface area contributed by atoms with E-state index in [1.165, 1.54) is 0 Å². The Labute approximate surface area is 208 Å². The zero-order valence-electron chi connectivity index (χ0n) is 19.2. The lowest BCUT2D eigenvalue weighted by atomic mass is 9.96. The zero-order valence-corrected chi connectivity index (χ0v) is 19.9. The molecule has 0 saturated carbocycles. The minimum Gasteiger partial charge on any atom is -0.508 e. The first kappa shape index (κ1) is 23.4. The smallest absolute Gasteiger partial charge is 0.175 e. The minimum atomic E-state index is -0.246. The van der Waals surface area contributed by atoms with Crippen molar-refractivity contribution in [3.05, 3.63) is 77.8 Å². The molecular weight excluding hydrogens is 467 g/mol. The Morgan fingerprint density at radius 2 is 1.77 bits per heavy atom. The molecule has 0 aliphatic carbocycles. The molecule has 1 aliphatic heterocycles. The SMILES string of the molecule is Oc1ccc(-c2onc(-c3ccccc3Cl)c2-c2ccc(OCCN3CC[C@@H](CF)C3)cc2)cc1. The van der Waals surface area contributed by atoms with Crippen molar-refractivity contribution in [2.24, 2.45) is 5.92 Å². The summed E-state index contributed by atoms with van der Waals surface area (Å²) in [5.74, 6) is 1.69. The summed E-state index contributed by atoms with van der Waals surface area (Å²) >= 11 is 6.49. The molecule has 4 aromatic rings. The van der Waals surface area contributed by atoms with E-state index in [4.69, 9.17) is 20.9 Å². The van der Waals surface area contributed by atoms with E-state index in [9.17, 15) is 9.50 Å². The highest BCUT2D eigenvalue weighted by atomic mass is 35.5. The van der Waals surface area contributed by atoms with Gasteiger partial charge >= 0.3 is 0 Å². The maximum absolute atomic E-state index is 12.8. The van der Waals surface area contributed by atoms with E-state index in [0.717, 1.165) is 54.1 Å². The van der Waals surface area contributed by atoms with Gasteiger partial charge in [-0.1, -0.05) is 47.1 Å². The van der Waals surface area contributed by atoms with Crippen LogP contribution >= 0.6 is 11.6 Å². The van der Waals surface area contributed by atoms with Gasteiger partial charge in [0.05, 0.1) is 17.3 Å². The normalized spacial score (nSPS) is 16.0. The van der Waals surface area contributed by atoms with Gasteiger partial charge < -0.3 is 14.4 Å². The van der Waals surface area contributed by atoms with Crippen molar-refractivity contribution in [1.29, 1.82) is 0 Å². The van der Waals surface area contributed by atoms with Crippen molar-refractivity contribution in [1.82, 2.24) is 10.1 Å². The number of benzene rings is 3. The van der Waals surface area contributed by atoms with Crippen LogP contribution < -0.4 is 4.74 Å². The van der Waals surface area contributed by atoms with Gasteiger partial charge in [-0.2, -0.15) is 0 Å². The molecule has 1 aliphatic rings. The third-order valence-electron chi connectivity index (χ3n) is 6.36. The van der Waals surface area contributed by atoms with Crippen LogP contribution in [0.4, 0.5) is 4.39 Å². The number of nitrogens with zero attached hydrogens (tertiary/aromatic N) is 2. The van der Waals surface area contributed by atoms with Crippen molar-refractivity contribution in [3.8, 4) is 45.2 Å². The number of aromatic nitrogens is 1. The van der Waals surface area contributed by atoms with Gasteiger partial charge in [-0.15, -0.1) is 0 Å². The van der Waals surface area contributed by atoms with Crippen LogP contribution in [0, 0.1) is 5.92 Å². The fourth-order valence-corrected chi connectivity index (χ4v) is 4.68. The van der Waals surface area contributed by atoms with E-state index in [2.05, 4.69) is 10.1 Å². The Hall–Kier alpha value is -3.35. The molecule has 35 heavy (non-hydrogen) atoms. The molecule has 0 spiro atoms. The number of hydrogen-bond donors (Lipinski definition) is 1. The molecule has 2 heterocycles. The molecule has 0 amide bonds. The molecule has 1 N–H and O–H groups in total. The molecule has 1 fully saturated rings. The lowest BCUT2D eigenvalue weighted by Gasteiger charge is -2.16. The first-order chi connectivity index (χ1) is 17.1. The second-order valence-electron chi connectivity index (χ2n) is 8.74. The Balaban J connectivity index is 1.40. The van der Waals surface area contributed by atoms with Crippen molar-refractivity contribution in [3.63, 3.8) is 0 Å². The van der Waals surface area contributed by atoms with Crippen LogP contribution in [0.2, 0.25) is 5.02 Å². The molecule has 1 aromatic heterocycles. The largest absolute Gasteiger partial charge is 0.508 e. The molecule has 1 saturated heterocycles. The van der Waals surface area contributed by atoms with E-state index < -0.39 is 0 Å². The molecule has 3 aromatic carbocycles. The summed E-state index contributed by atoms with van der Waals surface area (Å²) in [5, 5.41) is 14.7. The third kappa shape index (κ3) is 5.19. The highest BCUT2D eigenvalue weighted by Gasteiger charge is 2.23. The van der Waals surface area contributed by atoms with Crippen LogP contribution in [-0.2, 0) is 0 Å². The Kier molecular flexibility index (Phi) is 7.02. The van der Waals surface area contributed by atoms with Crippen molar-refractivity contribution < 1.29 is 18.8 Å². The Morgan fingerprint density at radius 3 is 2.49 bits per heavy atom. The summed E-state index contributed by atoms with van der Waals surface area (Å²) in [4.78, 5) is 2.25. The first-order valence-corrected chi connectivity index (χ1v) is 12.1. The van der Waals surface area contributed by atoms with Crippen LogP contribution in [0.5, 0.6) is 11.5 Å². The summed E-state index contributed by atoms with van der Waals surface area (Å²) in [6.07, 6.45) is 0.918. The van der Waals surface area contributed by atoms with Gasteiger partial charge in [0.1, 0.15) is 23.8 Å². The van der Waals surface area contributed by atoms with E-state index in [0.29, 0.717) is 23.1 Å². The number of hydrogen-bond acceptors (Lipinski definition) is 5. The number of alkyl halides is 1. The van der Waals surface area contributed by atoms with Gasteiger partial charge in [-0.3, -0.25) is 9.29 Å². The van der Waals surface area contributed by atoms with Gasteiger partial charge in [0.25, 0.3) is 0 Å². The second-order valence-corrected chi connectivity index (χ2v) is 9.15. The second kappa shape index (κ2) is 10.5. The molecule has 5 nitrogen and oxygen atoms in total. The molecule has 5 rings (SSSR count). The van der Waals surface area contributed by atoms with Crippen LogP contribution in [0.25, 0.3) is 33.7 Å². The number of ether oxygens (including phenoxy) is 1. The first-order valence-electron chi connectivity index (χ1n) is 11.7. The average Bonchev–Trinajstić information content (AvgIpc) is 3.53. The molecule has 7 heteroatoms. The molecule has 1 atom stereocenters. The average molecular weight is 493 g/mol. The molecule has 0 bridgehead atoms. The Morgan fingerprint density at radius 1 is 1.03 bits per heavy atom. The third-order valence-corrected chi connectivity index (χ3v) is 6.69. The highest BCUT2D eigenvalue weighted by Crippen LogP contribution is 2.42.